The molecule has 6 nitrogen and oxygen atoms in total. The largest absolute Gasteiger partial charge is 0.507 e. The first kappa shape index (κ1) is 13.4. The van der Waals surface area contributed by atoms with Crippen LogP contribution in [0.5, 0.6) is 5.75 Å². The number of anilines is 1. The van der Waals surface area contributed by atoms with E-state index in [-0.39, 0.29) is 16.7 Å². The minimum Gasteiger partial charge on any atom is -0.507 e. The lowest BCUT2D eigenvalue weighted by Crippen LogP contribution is -2.17. The van der Waals surface area contributed by atoms with E-state index in [2.05, 4.69) is 9.82 Å². The molecule has 0 aliphatic heterocycles. The van der Waals surface area contributed by atoms with Gasteiger partial charge in [0.2, 0.25) is 0 Å². The smallest absolute Gasteiger partial charge is 0.266 e. The Morgan fingerprint density at radius 1 is 1.26 bits per heavy atom. The first-order valence-corrected chi connectivity index (χ1v) is 7.24. The van der Waals surface area contributed by atoms with Crippen LogP contribution in [0.15, 0.2) is 41.4 Å². The zero-order valence-corrected chi connectivity index (χ0v) is 11.4. The number of hydrogen-bond donors (Lipinski definition) is 2. The fourth-order valence-corrected chi connectivity index (χ4v) is 2.83. The number of benzene rings is 1. The van der Waals surface area contributed by atoms with Crippen molar-refractivity contribution in [2.24, 2.45) is 0 Å². The molecule has 7 heteroatoms. The molecule has 19 heavy (non-hydrogen) atoms. The van der Waals surface area contributed by atoms with Gasteiger partial charge in [-0.3, -0.25) is 4.72 Å². The van der Waals surface area contributed by atoms with Gasteiger partial charge < -0.3 is 5.11 Å². The van der Waals surface area contributed by atoms with Gasteiger partial charge in [0.1, 0.15) is 16.5 Å². The number of aromatic hydroxyl groups is 1. The lowest BCUT2D eigenvalue weighted by Gasteiger charge is -2.13. The molecule has 0 radical (unpaired) electrons. The first-order chi connectivity index (χ1) is 8.92. The van der Waals surface area contributed by atoms with Crippen molar-refractivity contribution in [2.45, 2.75) is 24.8 Å². The number of phenols is 1. The van der Waals surface area contributed by atoms with Crippen molar-refractivity contribution in [3.05, 3.63) is 36.5 Å². The molecule has 0 saturated carbocycles. The second-order valence-electron chi connectivity index (χ2n) is 4.33. The van der Waals surface area contributed by atoms with Crippen LogP contribution in [0.4, 0.5) is 5.82 Å². The number of nitrogens with zero attached hydrogens (tertiary/aromatic N) is 2. The molecule has 1 aromatic carbocycles. The minimum absolute atomic E-state index is 0.0251. The van der Waals surface area contributed by atoms with Gasteiger partial charge in [-0.05, 0) is 26.0 Å². The summed E-state index contributed by atoms with van der Waals surface area (Å²) in [5.41, 5.74) is 0. The summed E-state index contributed by atoms with van der Waals surface area (Å²) in [6.45, 7) is 3.79. The highest BCUT2D eigenvalue weighted by Gasteiger charge is 2.20. The molecule has 102 valence electrons. The summed E-state index contributed by atoms with van der Waals surface area (Å²) >= 11 is 0. The quantitative estimate of drug-likeness (QED) is 0.897. The van der Waals surface area contributed by atoms with Crippen LogP contribution < -0.4 is 4.72 Å². The summed E-state index contributed by atoms with van der Waals surface area (Å²) in [5, 5.41) is 13.7. The van der Waals surface area contributed by atoms with Crippen LogP contribution in [-0.2, 0) is 10.0 Å². The SMILES string of the molecule is CC(C)n1nccc1NS(=O)(=O)c1ccccc1O. The molecule has 1 heterocycles. The van der Waals surface area contributed by atoms with Gasteiger partial charge in [0.15, 0.2) is 0 Å². The van der Waals surface area contributed by atoms with E-state index in [1.54, 1.807) is 22.9 Å². The third-order valence-corrected chi connectivity index (χ3v) is 3.96. The molecule has 0 fully saturated rings. The zero-order chi connectivity index (χ0) is 14.0. The van der Waals surface area contributed by atoms with Gasteiger partial charge in [-0.1, -0.05) is 12.1 Å². The molecular weight excluding hydrogens is 266 g/mol. The summed E-state index contributed by atoms with van der Waals surface area (Å²) < 4.78 is 28.3. The minimum atomic E-state index is -3.83. The van der Waals surface area contributed by atoms with Gasteiger partial charge in [0.05, 0.1) is 6.20 Å². The second-order valence-corrected chi connectivity index (χ2v) is 5.98. The highest BCUT2D eigenvalue weighted by Crippen LogP contribution is 2.24. The molecule has 0 atom stereocenters. The van der Waals surface area contributed by atoms with Gasteiger partial charge >= 0.3 is 0 Å². The van der Waals surface area contributed by atoms with Crippen LogP contribution >= 0.6 is 0 Å². The number of hydrogen-bond acceptors (Lipinski definition) is 4. The van der Waals surface area contributed by atoms with E-state index in [9.17, 15) is 13.5 Å². The molecule has 2 rings (SSSR count). The molecule has 0 bridgehead atoms. The van der Waals surface area contributed by atoms with Crippen LogP contribution in [0, 0.1) is 0 Å². The van der Waals surface area contributed by atoms with Crippen molar-refractivity contribution in [2.75, 3.05) is 4.72 Å². The Labute approximate surface area is 111 Å². The summed E-state index contributed by atoms with van der Waals surface area (Å²) in [4.78, 5) is -0.161. The lowest BCUT2D eigenvalue weighted by molar-refractivity contribution is 0.459. The third kappa shape index (κ3) is 2.70. The summed E-state index contributed by atoms with van der Waals surface area (Å²) in [5.74, 6) is 0.0730. The van der Waals surface area contributed by atoms with E-state index in [1.165, 1.54) is 18.3 Å². The first-order valence-electron chi connectivity index (χ1n) is 5.76. The van der Waals surface area contributed by atoms with Gasteiger partial charge in [-0.25, -0.2) is 13.1 Å². The Bertz CT molecular complexity index is 677. The van der Waals surface area contributed by atoms with Crippen molar-refractivity contribution in [1.29, 1.82) is 0 Å². The van der Waals surface area contributed by atoms with Crippen LogP contribution in [0.25, 0.3) is 0 Å². The predicted octanol–water partition coefficient (Wildman–Crippen LogP) is 1.97. The number of phenolic OH excluding ortho intramolecular Hbond substituents is 1. The van der Waals surface area contributed by atoms with Crippen molar-refractivity contribution >= 4 is 15.8 Å². The lowest BCUT2D eigenvalue weighted by atomic mass is 10.3. The maximum atomic E-state index is 12.2. The third-order valence-electron chi connectivity index (χ3n) is 2.55. The Morgan fingerprint density at radius 2 is 1.95 bits per heavy atom. The molecule has 0 unspecified atom stereocenters. The van der Waals surface area contributed by atoms with E-state index in [4.69, 9.17) is 0 Å². The van der Waals surface area contributed by atoms with Gasteiger partial charge in [0, 0.05) is 12.1 Å². The monoisotopic (exact) mass is 281 g/mol. The van der Waals surface area contributed by atoms with Crippen LogP contribution in [0.2, 0.25) is 0 Å². The Hall–Kier alpha value is -2.02. The van der Waals surface area contributed by atoms with Crippen molar-refractivity contribution < 1.29 is 13.5 Å². The second kappa shape index (κ2) is 4.93. The Kier molecular flexibility index (Phi) is 3.48. The van der Waals surface area contributed by atoms with Crippen LogP contribution in [0.3, 0.4) is 0 Å². The van der Waals surface area contributed by atoms with E-state index in [1.807, 2.05) is 13.8 Å². The van der Waals surface area contributed by atoms with E-state index in [0.717, 1.165) is 0 Å². The molecule has 2 aromatic rings. The standard InChI is InChI=1S/C12H15N3O3S/c1-9(2)15-12(7-8-13-15)14-19(17,18)11-6-4-3-5-10(11)16/h3-9,14,16H,1-2H3. The normalized spacial score (nSPS) is 11.7. The van der Waals surface area contributed by atoms with Crippen LogP contribution in [-0.4, -0.2) is 23.3 Å². The molecule has 0 amide bonds. The average molecular weight is 281 g/mol. The van der Waals surface area contributed by atoms with Gasteiger partial charge in [0.25, 0.3) is 10.0 Å². The maximum absolute atomic E-state index is 12.2. The molecule has 0 aliphatic carbocycles. The molecule has 1 aromatic heterocycles. The fourth-order valence-electron chi connectivity index (χ4n) is 1.68. The summed E-state index contributed by atoms with van der Waals surface area (Å²) in [6, 6.07) is 7.37. The highest BCUT2D eigenvalue weighted by molar-refractivity contribution is 7.92. The Balaban J connectivity index is 2.37. The Morgan fingerprint density at radius 3 is 2.58 bits per heavy atom. The molecule has 0 saturated heterocycles. The van der Waals surface area contributed by atoms with Gasteiger partial charge in [-0.2, -0.15) is 5.10 Å². The van der Waals surface area contributed by atoms with E-state index in [0.29, 0.717) is 5.82 Å². The van der Waals surface area contributed by atoms with Crippen LogP contribution in [0.1, 0.15) is 19.9 Å². The molecule has 2 N–H and O–H groups in total. The number of para-hydroxylation sites is 1. The van der Waals surface area contributed by atoms with E-state index >= 15 is 0 Å². The average Bonchev–Trinajstić information content (AvgIpc) is 2.76. The van der Waals surface area contributed by atoms with E-state index < -0.39 is 10.0 Å². The molecule has 0 spiro atoms. The molecule has 0 aliphatic rings. The summed E-state index contributed by atoms with van der Waals surface area (Å²) in [6.07, 6.45) is 1.52. The zero-order valence-electron chi connectivity index (χ0n) is 10.6. The molecular formula is C12H15N3O3S. The fraction of sp³-hybridized carbons (Fsp3) is 0.250. The highest BCUT2D eigenvalue weighted by atomic mass is 32.2. The van der Waals surface area contributed by atoms with Crippen molar-refractivity contribution in [3.8, 4) is 5.75 Å². The topological polar surface area (TPSA) is 84.2 Å². The summed E-state index contributed by atoms with van der Waals surface area (Å²) in [7, 11) is -3.83. The predicted molar refractivity (Wildman–Crippen MR) is 71.5 cm³/mol. The number of aromatic nitrogens is 2. The number of nitrogens with one attached hydrogen (secondary N) is 1. The number of sulfonamides is 1. The van der Waals surface area contributed by atoms with Gasteiger partial charge in [-0.15, -0.1) is 0 Å². The number of rotatable bonds is 4. The van der Waals surface area contributed by atoms with Crippen molar-refractivity contribution in [3.63, 3.8) is 0 Å². The maximum Gasteiger partial charge on any atom is 0.266 e. The van der Waals surface area contributed by atoms with Crippen molar-refractivity contribution in [1.82, 2.24) is 9.78 Å².